The first-order valence-electron chi connectivity index (χ1n) is 9.04. The van der Waals surface area contributed by atoms with Crippen LogP contribution in [0.3, 0.4) is 0 Å². The van der Waals surface area contributed by atoms with Crippen LogP contribution in [0.2, 0.25) is 0 Å². The Hall–Kier alpha value is -3.55. The van der Waals surface area contributed by atoms with Gasteiger partial charge in [0, 0.05) is 30.1 Å². The fourth-order valence-electron chi connectivity index (χ4n) is 3.70. The molecule has 3 heterocycles. The van der Waals surface area contributed by atoms with Crippen molar-refractivity contribution < 1.29 is 19.1 Å². The van der Waals surface area contributed by atoms with Gasteiger partial charge >= 0.3 is 0 Å². The van der Waals surface area contributed by atoms with Crippen LogP contribution in [0.4, 0.5) is 11.4 Å². The minimum Gasteiger partial charge on any atom is -0.454 e. The summed E-state index contributed by atoms with van der Waals surface area (Å²) in [6, 6.07) is 9.14. The summed E-state index contributed by atoms with van der Waals surface area (Å²) in [5, 5.41) is 10.9. The standard InChI is InChI=1S/C20H18N4O4/c1-11-2-4-15(19-14(11)8-21-23-19)22-20(26)12-6-18(25)24(9-12)13-3-5-16-17(7-13)28-10-27-16/h2-5,7-8,12H,6,9-10H2,1H3,(H,21,23)(H,22,26). The third kappa shape index (κ3) is 2.65. The second kappa shape index (κ2) is 6.26. The van der Waals surface area contributed by atoms with Gasteiger partial charge in [0.1, 0.15) is 0 Å². The molecule has 2 N–H and O–H groups in total. The summed E-state index contributed by atoms with van der Waals surface area (Å²) in [5.41, 5.74) is 3.23. The summed E-state index contributed by atoms with van der Waals surface area (Å²) in [4.78, 5) is 26.9. The molecule has 0 saturated carbocycles. The van der Waals surface area contributed by atoms with Gasteiger partial charge in [-0.15, -0.1) is 0 Å². The molecule has 1 unspecified atom stereocenters. The lowest BCUT2D eigenvalue weighted by Gasteiger charge is -2.17. The third-order valence-corrected chi connectivity index (χ3v) is 5.26. The van der Waals surface area contributed by atoms with Crippen molar-refractivity contribution in [3.8, 4) is 11.5 Å². The highest BCUT2D eigenvalue weighted by atomic mass is 16.7. The number of carbonyl (C=O) groups is 2. The molecule has 8 heteroatoms. The van der Waals surface area contributed by atoms with Crippen molar-refractivity contribution in [3.05, 3.63) is 42.1 Å². The van der Waals surface area contributed by atoms with Crippen LogP contribution in [0.5, 0.6) is 11.5 Å². The molecule has 3 aromatic rings. The number of hydrogen-bond donors (Lipinski definition) is 2. The molecule has 0 bridgehead atoms. The number of aromatic nitrogens is 2. The van der Waals surface area contributed by atoms with Crippen molar-refractivity contribution in [1.29, 1.82) is 0 Å². The first kappa shape index (κ1) is 16.6. The molecule has 1 fully saturated rings. The molecule has 0 aliphatic carbocycles. The van der Waals surface area contributed by atoms with Crippen LogP contribution in [0.25, 0.3) is 10.9 Å². The highest BCUT2D eigenvalue weighted by molar-refractivity contribution is 6.06. The summed E-state index contributed by atoms with van der Waals surface area (Å²) in [6.07, 6.45) is 1.90. The second-order valence-electron chi connectivity index (χ2n) is 7.02. The summed E-state index contributed by atoms with van der Waals surface area (Å²) in [6.45, 7) is 2.49. The van der Waals surface area contributed by atoms with Gasteiger partial charge < -0.3 is 19.7 Å². The van der Waals surface area contributed by atoms with Crippen molar-refractivity contribution in [2.24, 2.45) is 5.92 Å². The topological polar surface area (TPSA) is 96.5 Å². The van der Waals surface area contributed by atoms with Crippen LogP contribution >= 0.6 is 0 Å². The zero-order chi connectivity index (χ0) is 19.3. The SMILES string of the molecule is Cc1ccc(NC(=O)C2CC(=O)N(c3ccc4c(c3)OCO4)C2)c2[nH]ncc12. The molecular weight excluding hydrogens is 360 g/mol. The molecule has 2 aliphatic rings. The van der Waals surface area contributed by atoms with Gasteiger partial charge in [0.25, 0.3) is 0 Å². The van der Waals surface area contributed by atoms with Crippen molar-refractivity contribution in [1.82, 2.24) is 10.2 Å². The Bertz CT molecular complexity index is 1110. The number of carbonyl (C=O) groups excluding carboxylic acids is 2. The van der Waals surface area contributed by atoms with E-state index in [2.05, 4.69) is 15.5 Å². The Kier molecular flexibility index (Phi) is 3.71. The number of benzene rings is 2. The average Bonchev–Trinajstić information content (AvgIpc) is 3.42. The van der Waals surface area contributed by atoms with Gasteiger partial charge in [-0.3, -0.25) is 14.7 Å². The smallest absolute Gasteiger partial charge is 0.231 e. The molecule has 142 valence electrons. The normalized spacial score (nSPS) is 18.1. The lowest BCUT2D eigenvalue weighted by Crippen LogP contribution is -2.28. The van der Waals surface area contributed by atoms with Gasteiger partial charge in [-0.1, -0.05) is 6.07 Å². The Morgan fingerprint density at radius 3 is 3.00 bits per heavy atom. The number of nitrogens with zero attached hydrogens (tertiary/aromatic N) is 2. The number of aryl methyl sites for hydroxylation is 1. The van der Waals surface area contributed by atoms with Gasteiger partial charge in [0.15, 0.2) is 11.5 Å². The number of anilines is 2. The number of fused-ring (bicyclic) bond motifs is 2. The van der Waals surface area contributed by atoms with Gasteiger partial charge in [-0.2, -0.15) is 5.10 Å². The first-order chi connectivity index (χ1) is 13.6. The van der Waals surface area contributed by atoms with Crippen LogP contribution in [0.15, 0.2) is 36.5 Å². The van der Waals surface area contributed by atoms with E-state index in [0.29, 0.717) is 29.4 Å². The van der Waals surface area contributed by atoms with Gasteiger partial charge in [0.05, 0.1) is 23.3 Å². The first-order valence-corrected chi connectivity index (χ1v) is 9.04. The van der Waals surface area contributed by atoms with Crippen molar-refractivity contribution in [2.45, 2.75) is 13.3 Å². The number of ether oxygens (including phenoxy) is 2. The van der Waals surface area contributed by atoms with Gasteiger partial charge in [0.2, 0.25) is 18.6 Å². The van der Waals surface area contributed by atoms with E-state index in [1.54, 1.807) is 29.3 Å². The number of nitrogens with one attached hydrogen (secondary N) is 2. The Morgan fingerprint density at radius 1 is 1.25 bits per heavy atom. The molecular formula is C20H18N4O4. The zero-order valence-corrected chi connectivity index (χ0v) is 15.2. The second-order valence-corrected chi connectivity index (χ2v) is 7.02. The third-order valence-electron chi connectivity index (χ3n) is 5.26. The van der Waals surface area contributed by atoms with Crippen LogP contribution in [-0.2, 0) is 9.59 Å². The highest BCUT2D eigenvalue weighted by Crippen LogP contribution is 2.37. The van der Waals surface area contributed by atoms with E-state index < -0.39 is 5.92 Å². The van der Waals surface area contributed by atoms with Crippen LogP contribution in [-0.4, -0.2) is 35.3 Å². The van der Waals surface area contributed by atoms with E-state index in [4.69, 9.17) is 9.47 Å². The molecule has 2 amide bonds. The molecule has 0 spiro atoms. The quantitative estimate of drug-likeness (QED) is 0.730. The van der Waals surface area contributed by atoms with Crippen LogP contribution in [0.1, 0.15) is 12.0 Å². The van der Waals surface area contributed by atoms with E-state index >= 15 is 0 Å². The van der Waals surface area contributed by atoms with E-state index in [-0.39, 0.29) is 25.0 Å². The van der Waals surface area contributed by atoms with E-state index in [1.807, 2.05) is 19.1 Å². The van der Waals surface area contributed by atoms with E-state index in [9.17, 15) is 9.59 Å². The molecule has 8 nitrogen and oxygen atoms in total. The van der Waals surface area contributed by atoms with Crippen molar-refractivity contribution in [2.75, 3.05) is 23.6 Å². The summed E-state index contributed by atoms with van der Waals surface area (Å²) < 4.78 is 10.7. The zero-order valence-electron chi connectivity index (χ0n) is 15.2. The van der Waals surface area contributed by atoms with Crippen molar-refractivity contribution >= 4 is 34.1 Å². The van der Waals surface area contributed by atoms with E-state index in [1.165, 1.54) is 0 Å². The fraction of sp³-hybridized carbons (Fsp3) is 0.250. The minimum absolute atomic E-state index is 0.0883. The number of rotatable bonds is 3. The maximum absolute atomic E-state index is 12.8. The summed E-state index contributed by atoms with van der Waals surface area (Å²) >= 11 is 0. The molecule has 2 aliphatic heterocycles. The monoisotopic (exact) mass is 378 g/mol. The minimum atomic E-state index is -0.433. The Balaban J connectivity index is 1.34. The summed E-state index contributed by atoms with van der Waals surface area (Å²) in [7, 11) is 0. The van der Waals surface area contributed by atoms with Gasteiger partial charge in [-0.05, 0) is 30.7 Å². The maximum Gasteiger partial charge on any atom is 0.231 e. The van der Waals surface area contributed by atoms with Gasteiger partial charge in [-0.25, -0.2) is 0 Å². The summed E-state index contributed by atoms with van der Waals surface area (Å²) in [5.74, 6) is 0.565. The Morgan fingerprint density at radius 2 is 2.11 bits per heavy atom. The largest absolute Gasteiger partial charge is 0.454 e. The molecule has 0 radical (unpaired) electrons. The highest BCUT2D eigenvalue weighted by Gasteiger charge is 2.36. The lowest BCUT2D eigenvalue weighted by molar-refractivity contribution is -0.122. The molecule has 5 rings (SSSR count). The predicted octanol–water partition coefficient (Wildman–Crippen LogP) is 2.59. The molecule has 28 heavy (non-hydrogen) atoms. The van der Waals surface area contributed by atoms with Crippen LogP contribution < -0.4 is 19.7 Å². The van der Waals surface area contributed by atoms with E-state index in [0.717, 1.165) is 16.5 Å². The number of hydrogen-bond acceptors (Lipinski definition) is 5. The molecule has 1 saturated heterocycles. The molecule has 1 aromatic heterocycles. The predicted molar refractivity (Wildman–Crippen MR) is 102 cm³/mol. The van der Waals surface area contributed by atoms with Crippen LogP contribution in [0, 0.1) is 12.8 Å². The average molecular weight is 378 g/mol. The fourth-order valence-corrected chi connectivity index (χ4v) is 3.70. The van der Waals surface area contributed by atoms with Crippen molar-refractivity contribution in [3.63, 3.8) is 0 Å². The number of aromatic amines is 1. The number of H-pyrrole nitrogens is 1. The number of amides is 2. The molecule has 2 aromatic carbocycles. The lowest BCUT2D eigenvalue weighted by atomic mass is 10.1. The maximum atomic E-state index is 12.8. The Labute approximate surface area is 160 Å². The molecule has 1 atom stereocenters.